The van der Waals surface area contributed by atoms with Gasteiger partial charge in [0.05, 0.1) is 4.90 Å². The maximum absolute atomic E-state index is 13.2. The van der Waals surface area contributed by atoms with Crippen molar-refractivity contribution in [3.63, 3.8) is 0 Å². The van der Waals surface area contributed by atoms with Crippen LogP contribution in [0.3, 0.4) is 0 Å². The molecule has 0 amide bonds. The normalized spacial score (nSPS) is 14.7. The molecule has 0 heterocycles. The highest BCUT2D eigenvalue weighted by Gasteiger charge is 2.27. The monoisotopic (exact) mass is 404 g/mol. The van der Waals surface area contributed by atoms with Crippen molar-refractivity contribution in [2.24, 2.45) is 4.99 Å². The predicted molar refractivity (Wildman–Crippen MR) is 108 cm³/mol. The lowest BCUT2D eigenvalue weighted by Gasteiger charge is -2.12. The zero-order valence-corrected chi connectivity index (χ0v) is 16.6. The second-order valence-corrected chi connectivity index (χ2v) is 8.49. The maximum Gasteiger partial charge on any atom is 0.240 e. The first-order valence-corrected chi connectivity index (χ1v) is 10.7. The van der Waals surface area contributed by atoms with Crippen LogP contribution in [0.25, 0.3) is 0 Å². The van der Waals surface area contributed by atoms with Gasteiger partial charge in [0.15, 0.2) is 5.96 Å². The number of hydrogen-bond acceptors (Lipinski definition) is 3. The number of halogens is 1. The zero-order chi connectivity index (χ0) is 20.0. The summed E-state index contributed by atoms with van der Waals surface area (Å²) in [5, 5.41) is 6.37. The molecule has 28 heavy (non-hydrogen) atoms. The molecule has 0 bridgehead atoms. The van der Waals surface area contributed by atoms with Gasteiger partial charge in [-0.2, -0.15) is 0 Å². The Labute approximate surface area is 165 Å². The van der Waals surface area contributed by atoms with E-state index in [4.69, 9.17) is 0 Å². The fourth-order valence-electron chi connectivity index (χ4n) is 2.70. The van der Waals surface area contributed by atoms with Crippen LogP contribution in [0, 0.1) is 5.82 Å². The third kappa shape index (κ3) is 6.03. The molecule has 0 unspecified atom stereocenters. The van der Waals surface area contributed by atoms with Gasteiger partial charge in [-0.3, -0.25) is 4.99 Å². The standard InChI is InChI=1S/C20H25FN4O2S/c1-22-20(23-12-11-15-3-2-4-17(21)13-15)24-14-16-5-9-19(10-6-16)28(26,27)25-18-7-8-18/h2-6,9-10,13,18,25H,7-8,11-12,14H2,1H3,(H2,22,23,24). The molecule has 0 saturated heterocycles. The van der Waals surface area contributed by atoms with E-state index in [0.717, 1.165) is 24.0 Å². The van der Waals surface area contributed by atoms with Crippen molar-refractivity contribution in [2.45, 2.75) is 36.7 Å². The van der Waals surface area contributed by atoms with E-state index < -0.39 is 10.0 Å². The van der Waals surface area contributed by atoms with Crippen molar-refractivity contribution in [1.29, 1.82) is 0 Å². The van der Waals surface area contributed by atoms with Gasteiger partial charge in [-0.1, -0.05) is 24.3 Å². The van der Waals surface area contributed by atoms with E-state index in [0.29, 0.717) is 25.5 Å². The number of nitrogens with one attached hydrogen (secondary N) is 3. The number of sulfonamides is 1. The van der Waals surface area contributed by atoms with Gasteiger partial charge in [-0.05, 0) is 54.7 Å². The minimum atomic E-state index is -3.42. The van der Waals surface area contributed by atoms with Crippen LogP contribution in [0.4, 0.5) is 4.39 Å². The van der Waals surface area contributed by atoms with E-state index in [-0.39, 0.29) is 16.8 Å². The molecule has 0 spiro atoms. The lowest BCUT2D eigenvalue weighted by Crippen LogP contribution is -2.37. The van der Waals surface area contributed by atoms with Gasteiger partial charge in [0.2, 0.25) is 10.0 Å². The van der Waals surface area contributed by atoms with Crippen LogP contribution in [0.5, 0.6) is 0 Å². The molecule has 2 aromatic rings. The topological polar surface area (TPSA) is 82.6 Å². The molecule has 1 fully saturated rings. The van der Waals surface area contributed by atoms with E-state index in [1.54, 1.807) is 37.4 Å². The van der Waals surface area contributed by atoms with Crippen molar-refractivity contribution in [1.82, 2.24) is 15.4 Å². The SMILES string of the molecule is CN=C(NCCc1cccc(F)c1)NCc1ccc(S(=O)(=O)NC2CC2)cc1. The molecule has 2 aromatic carbocycles. The number of guanidine groups is 1. The second-order valence-electron chi connectivity index (χ2n) is 6.77. The van der Waals surface area contributed by atoms with Crippen LogP contribution in [-0.2, 0) is 23.0 Å². The van der Waals surface area contributed by atoms with Crippen LogP contribution in [0.2, 0.25) is 0 Å². The number of aliphatic imine (C=N–C) groups is 1. The van der Waals surface area contributed by atoms with E-state index >= 15 is 0 Å². The molecule has 3 N–H and O–H groups in total. The van der Waals surface area contributed by atoms with E-state index in [1.807, 2.05) is 6.07 Å². The van der Waals surface area contributed by atoms with Crippen molar-refractivity contribution >= 4 is 16.0 Å². The molecule has 0 aromatic heterocycles. The molecular weight excluding hydrogens is 379 g/mol. The molecule has 6 nitrogen and oxygen atoms in total. The Balaban J connectivity index is 1.46. The fraction of sp³-hybridized carbons (Fsp3) is 0.350. The fourth-order valence-corrected chi connectivity index (χ4v) is 4.00. The summed E-state index contributed by atoms with van der Waals surface area (Å²) in [6, 6.07) is 13.4. The summed E-state index contributed by atoms with van der Waals surface area (Å²) in [7, 11) is -1.75. The summed E-state index contributed by atoms with van der Waals surface area (Å²) >= 11 is 0. The number of benzene rings is 2. The quantitative estimate of drug-likeness (QED) is 0.465. The molecule has 3 rings (SSSR count). The van der Waals surface area contributed by atoms with Gasteiger partial charge in [-0.15, -0.1) is 0 Å². The van der Waals surface area contributed by atoms with Crippen LogP contribution in [0.15, 0.2) is 58.4 Å². The Morgan fingerprint density at radius 2 is 1.86 bits per heavy atom. The highest BCUT2D eigenvalue weighted by Crippen LogP contribution is 2.22. The van der Waals surface area contributed by atoms with Gasteiger partial charge in [0.1, 0.15) is 5.82 Å². The molecule has 1 aliphatic rings. The summed E-state index contributed by atoms with van der Waals surface area (Å²) in [5.74, 6) is 0.390. The number of hydrogen-bond donors (Lipinski definition) is 3. The lowest BCUT2D eigenvalue weighted by molar-refractivity contribution is 0.581. The summed E-state index contributed by atoms with van der Waals surface area (Å²) in [4.78, 5) is 4.44. The Morgan fingerprint density at radius 3 is 2.50 bits per heavy atom. The molecular formula is C20H25FN4O2S. The lowest BCUT2D eigenvalue weighted by atomic mass is 10.1. The van der Waals surface area contributed by atoms with Crippen molar-refractivity contribution in [3.05, 3.63) is 65.5 Å². The smallest absolute Gasteiger partial charge is 0.240 e. The first-order chi connectivity index (χ1) is 13.5. The predicted octanol–water partition coefficient (Wildman–Crippen LogP) is 2.17. The number of rotatable bonds is 8. The Morgan fingerprint density at radius 1 is 1.11 bits per heavy atom. The van der Waals surface area contributed by atoms with Crippen LogP contribution in [0.1, 0.15) is 24.0 Å². The first-order valence-electron chi connectivity index (χ1n) is 9.26. The van der Waals surface area contributed by atoms with E-state index in [2.05, 4.69) is 20.3 Å². The largest absolute Gasteiger partial charge is 0.356 e. The third-order valence-corrected chi connectivity index (χ3v) is 5.95. The highest BCUT2D eigenvalue weighted by molar-refractivity contribution is 7.89. The van der Waals surface area contributed by atoms with Crippen molar-refractivity contribution in [3.8, 4) is 0 Å². The van der Waals surface area contributed by atoms with E-state index in [1.165, 1.54) is 12.1 Å². The van der Waals surface area contributed by atoms with E-state index in [9.17, 15) is 12.8 Å². The molecule has 0 aliphatic heterocycles. The zero-order valence-electron chi connectivity index (χ0n) is 15.8. The van der Waals surface area contributed by atoms with Crippen molar-refractivity contribution < 1.29 is 12.8 Å². The summed E-state index contributed by atoms with van der Waals surface area (Å²) in [6.45, 7) is 1.13. The summed E-state index contributed by atoms with van der Waals surface area (Å²) < 4.78 is 40.2. The second kappa shape index (κ2) is 9.16. The molecule has 1 aliphatic carbocycles. The molecule has 0 atom stereocenters. The molecule has 150 valence electrons. The maximum atomic E-state index is 13.2. The third-order valence-electron chi connectivity index (χ3n) is 4.41. The summed E-state index contributed by atoms with van der Waals surface area (Å²) in [6.07, 6.45) is 2.50. The first kappa shape index (κ1) is 20.3. The minimum Gasteiger partial charge on any atom is -0.356 e. The van der Waals surface area contributed by atoms with Crippen molar-refractivity contribution in [2.75, 3.05) is 13.6 Å². The van der Waals surface area contributed by atoms with Gasteiger partial charge in [0, 0.05) is 26.2 Å². The Bertz CT molecular complexity index is 925. The molecule has 1 saturated carbocycles. The van der Waals surface area contributed by atoms with Crippen LogP contribution >= 0.6 is 0 Å². The van der Waals surface area contributed by atoms with Crippen LogP contribution in [-0.4, -0.2) is 34.0 Å². The van der Waals surface area contributed by atoms with Gasteiger partial charge in [-0.25, -0.2) is 17.5 Å². The highest BCUT2D eigenvalue weighted by atomic mass is 32.2. The van der Waals surface area contributed by atoms with Gasteiger partial charge < -0.3 is 10.6 Å². The molecule has 8 heteroatoms. The minimum absolute atomic E-state index is 0.0909. The number of nitrogens with zero attached hydrogens (tertiary/aromatic N) is 1. The average molecular weight is 405 g/mol. The molecule has 0 radical (unpaired) electrons. The average Bonchev–Trinajstić information content (AvgIpc) is 3.48. The van der Waals surface area contributed by atoms with Crippen LogP contribution < -0.4 is 15.4 Å². The van der Waals surface area contributed by atoms with Gasteiger partial charge >= 0.3 is 0 Å². The Hall–Kier alpha value is -2.45. The summed E-state index contributed by atoms with van der Waals surface area (Å²) in [5.41, 5.74) is 1.86. The van der Waals surface area contributed by atoms with Gasteiger partial charge in [0.25, 0.3) is 0 Å². The Kier molecular flexibility index (Phi) is 6.64.